The van der Waals surface area contributed by atoms with E-state index >= 15 is 0 Å². The van der Waals surface area contributed by atoms with Crippen LogP contribution in [0.3, 0.4) is 0 Å². The zero-order valence-electron chi connectivity index (χ0n) is 15.6. The second kappa shape index (κ2) is 8.46. The number of imidazole rings is 1. The Morgan fingerprint density at radius 1 is 1.27 bits per heavy atom. The number of anilines is 1. The quantitative estimate of drug-likeness (QED) is 0.747. The van der Waals surface area contributed by atoms with Crippen LogP contribution in [-0.2, 0) is 11.3 Å². The summed E-state index contributed by atoms with van der Waals surface area (Å²) in [6.07, 6.45) is 3.84. The van der Waals surface area contributed by atoms with E-state index in [9.17, 15) is 4.79 Å². The first-order valence-corrected chi connectivity index (χ1v) is 9.26. The summed E-state index contributed by atoms with van der Waals surface area (Å²) in [7, 11) is 1.73. The molecule has 3 rings (SSSR count). The third-order valence-electron chi connectivity index (χ3n) is 4.91. The molecule has 2 aromatic rings. The maximum Gasteiger partial charge on any atom is 0.255 e. The number of hydrogen-bond acceptors (Lipinski definition) is 6. The molecule has 3 heterocycles. The third kappa shape index (κ3) is 3.96. The van der Waals surface area contributed by atoms with Crippen LogP contribution in [0.2, 0.25) is 0 Å². The minimum atomic E-state index is 0.0167. The van der Waals surface area contributed by atoms with Crippen LogP contribution < -0.4 is 5.73 Å². The summed E-state index contributed by atoms with van der Waals surface area (Å²) in [6.45, 7) is 7.87. The fourth-order valence-electron chi connectivity index (χ4n) is 3.40. The number of piperazine rings is 1. The van der Waals surface area contributed by atoms with Gasteiger partial charge in [0, 0.05) is 52.6 Å². The van der Waals surface area contributed by atoms with Crippen LogP contribution in [0.1, 0.15) is 30.1 Å². The van der Waals surface area contributed by atoms with Crippen LogP contribution in [0.4, 0.5) is 5.95 Å². The van der Waals surface area contributed by atoms with E-state index in [4.69, 9.17) is 10.5 Å². The van der Waals surface area contributed by atoms with Crippen LogP contribution in [-0.4, -0.2) is 76.7 Å². The van der Waals surface area contributed by atoms with Gasteiger partial charge in [0.25, 0.3) is 5.91 Å². The number of fused-ring (bicyclic) bond motifs is 1. The summed E-state index contributed by atoms with van der Waals surface area (Å²) in [5.74, 6) is 0.449. The van der Waals surface area contributed by atoms with Gasteiger partial charge in [0.15, 0.2) is 5.65 Å². The number of unbranched alkanes of at least 4 members (excludes halogenated alkanes) is 1. The Kier molecular flexibility index (Phi) is 6.05. The highest BCUT2D eigenvalue weighted by Crippen LogP contribution is 2.18. The van der Waals surface area contributed by atoms with E-state index in [0.717, 1.165) is 57.8 Å². The van der Waals surface area contributed by atoms with Gasteiger partial charge in [-0.3, -0.25) is 14.3 Å². The number of hydrogen-bond donors (Lipinski definition) is 1. The van der Waals surface area contributed by atoms with Gasteiger partial charge in [0.05, 0.1) is 5.56 Å². The maximum absolute atomic E-state index is 12.8. The summed E-state index contributed by atoms with van der Waals surface area (Å²) in [5, 5.41) is 0. The van der Waals surface area contributed by atoms with Crippen LogP contribution in [0, 0.1) is 0 Å². The van der Waals surface area contributed by atoms with Crippen molar-refractivity contribution in [3.8, 4) is 0 Å². The SMILES string of the molecule is CCn1c(N)nc2cc(C(=O)N3CCN(CCCCOC)CC3)cnc21. The van der Waals surface area contributed by atoms with Crippen molar-refractivity contribution in [2.75, 3.05) is 52.2 Å². The average molecular weight is 360 g/mol. The van der Waals surface area contributed by atoms with Gasteiger partial charge in [-0.05, 0) is 32.4 Å². The summed E-state index contributed by atoms with van der Waals surface area (Å²) >= 11 is 0. The molecule has 26 heavy (non-hydrogen) atoms. The molecule has 2 N–H and O–H groups in total. The lowest BCUT2D eigenvalue weighted by Crippen LogP contribution is -2.48. The van der Waals surface area contributed by atoms with Crippen molar-refractivity contribution in [3.05, 3.63) is 17.8 Å². The number of nitrogen functional groups attached to an aromatic ring is 1. The Morgan fingerprint density at radius 2 is 2.04 bits per heavy atom. The fraction of sp³-hybridized carbons (Fsp3) is 0.611. The highest BCUT2D eigenvalue weighted by Gasteiger charge is 2.23. The predicted octanol–water partition coefficient (Wildman–Crippen LogP) is 1.22. The molecular weight excluding hydrogens is 332 g/mol. The topological polar surface area (TPSA) is 89.5 Å². The van der Waals surface area contributed by atoms with E-state index in [2.05, 4.69) is 14.9 Å². The number of methoxy groups -OCH3 is 1. The largest absolute Gasteiger partial charge is 0.385 e. The Bertz CT molecular complexity index is 751. The summed E-state index contributed by atoms with van der Waals surface area (Å²) in [5.41, 5.74) is 7.88. The average Bonchev–Trinajstić information content (AvgIpc) is 2.99. The van der Waals surface area contributed by atoms with Crippen LogP contribution in [0.25, 0.3) is 11.2 Å². The van der Waals surface area contributed by atoms with E-state index in [1.807, 2.05) is 16.4 Å². The summed E-state index contributed by atoms with van der Waals surface area (Å²) in [4.78, 5) is 25.8. The standard InChI is InChI=1S/C18H28N6O2/c1-3-24-16-15(21-18(24)19)12-14(13-20-16)17(25)23-9-7-22(8-10-23)6-4-5-11-26-2/h12-13H,3-11H2,1-2H3,(H2,19,21). The molecule has 2 aromatic heterocycles. The van der Waals surface area contributed by atoms with Gasteiger partial charge in [-0.1, -0.05) is 0 Å². The van der Waals surface area contributed by atoms with Crippen molar-refractivity contribution in [1.82, 2.24) is 24.3 Å². The molecule has 0 atom stereocenters. The summed E-state index contributed by atoms with van der Waals surface area (Å²) < 4.78 is 6.92. The second-order valence-electron chi connectivity index (χ2n) is 6.61. The smallest absolute Gasteiger partial charge is 0.255 e. The number of ether oxygens (including phenoxy) is 1. The zero-order valence-corrected chi connectivity index (χ0v) is 15.6. The lowest BCUT2D eigenvalue weighted by atomic mass is 10.2. The molecule has 0 aliphatic carbocycles. The van der Waals surface area contributed by atoms with Crippen molar-refractivity contribution in [2.24, 2.45) is 0 Å². The number of nitrogens with zero attached hydrogens (tertiary/aromatic N) is 5. The lowest BCUT2D eigenvalue weighted by Gasteiger charge is -2.34. The van der Waals surface area contributed by atoms with Gasteiger partial charge in [-0.2, -0.15) is 0 Å². The Hall–Kier alpha value is -2.19. The number of amides is 1. The number of aryl methyl sites for hydroxylation is 1. The van der Waals surface area contributed by atoms with Crippen molar-refractivity contribution in [3.63, 3.8) is 0 Å². The van der Waals surface area contributed by atoms with Gasteiger partial charge in [-0.25, -0.2) is 9.97 Å². The van der Waals surface area contributed by atoms with E-state index in [-0.39, 0.29) is 5.91 Å². The molecule has 0 radical (unpaired) electrons. The fourth-order valence-corrected chi connectivity index (χ4v) is 3.40. The van der Waals surface area contributed by atoms with Crippen molar-refractivity contribution in [1.29, 1.82) is 0 Å². The number of rotatable bonds is 7. The van der Waals surface area contributed by atoms with E-state index < -0.39 is 0 Å². The van der Waals surface area contributed by atoms with Crippen LogP contribution in [0.15, 0.2) is 12.3 Å². The highest BCUT2D eigenvalue weighted by atomic mass is 16.5. The number of carbonyl (C=O) groups excluding carboxylic acids is 1. The number of nitrogens with two attached hydrogens (primary N) is 1. The molecule has 0 aromatic carbocycles. The van der Waals surface area contributed by atoms with E-state index in [1.165, 1.54) is 0 Å². The first-order chi connectivity index (χ1) is 12.6. The molecule has 8 heteroatoms. The molecule has 1 fully saturated rings. The monoisotopic (exact) mass is 360 g/mol. The molecule has 1 aliphatic rings. The minimum absolute atomic E-state index is 0.0167. The highest BCUT2D eigenvalue weighted by molar-refractivity contribution is 5.96. The minimum Gasteiger partial charge on any atom is -0.385 e. The first-order valence-electron chi connectivity index (χ1n) is 9.26. The molecule has 0 spiro atoms. The van der Waals surface area contributed by atoms with Crippen molar-refractivity contribution in [2.45, 2.75) is 26.3 Å². The van der Waals surface area contributed by atoms with Crippen molar-refractivity contribution >= 4 is 23.0 Å². The molecule has 0 unspecified atom stereocenters. The van der Waals surface area contributed by atoms with Crippen LogP contribution >= 0.6 is 0 Å². The molecule has 0 saturated carbocycles. The Morgan fingerprint density at radius 3 is 2.73 bits per heavy atom. The number of aromatic nitrogens is 3. The molecule has 142 valence electrons. The lowest BCUT2D eigenvalue weighted by molar-refractivity contribution is 0.0632. The predicted molar refractivity (Wildman–Crippen MR) is 101 cm³/mol. The van der Waals surface area contributed by atoms with Crippen molar-refractivity contribution < 1.29 is 9.53 Å². The molecule has 1 saturated heterocycles. The van der Waals surface area contributed by atoms with Gasteiger partial charge < -0.3 is 15.4 Å². The van der Waals surface area contributed by atoms with Gasteiger partial charge in [-0.15, -0.1) is 0 Å². The second-order valence-corrected chi connectivity index (χ2v) is 6.61. The van der Waals surface area contributed by atoms with Gasteiger partial charge in [0.1, 0.15) is 5.52 Å². The van der Waals surface area contributed by atoms with Gasteiger partial charge in [0.2, 0.25) is 5.95 Å². The zero-order chi connectivity index (χ0) is 18.5. The third-order valence-corrected chi connectivity index (χ3v) is 4.91. The first kappa shape index (κ1) is 18.6. The normalized spacial score (nSPS) is 15.7. The molecule has 1 aliphatic heterocycles. The molecule has 0 bridgehead atoms. The Labute approximate surface area is 153 Å². The van der Waals surface area contributed by atoms with Crippen LogP contribution in [0.5, 0.6) is 0 Å². The maximum atomic E-state index is 12.8. The molecule has 8 nitrogen and oxygen atoms in total. The van der Waals surface area contributed by atoms with Gasteiger partial charge >= 0.3 is 0 Å². The number of pyridine rings is 1. The Balaban J connectivity index is 1.59. The summed E-state index contributed by atoms with van der Waals surface area (Å²) in [6, 6.07) is 1.80. The van der Waals surface area contributed by atoms with E-state index in [1.54, 1.807) is 19.4 Å². The van der Waals surface area contributed by atoms with E-state index in [0.29, 0.717) is 23.6 Å². The molecule has 1 amide bonds. The number of carbonyl (C=O) groups is 1. The molecular formula is C18H28N6O2.